The van der Waals surface area contributed by atoms with Crippen LogP contribution in [-0.4, -0.2) is 39.1 Å². The van der Waals surface area contributed by atoms with Gasteiger partial charge in [-0.05, 0) is 31.5 Å². The maximum Gasteiger partial charge on any atom is 0.167 e. The van der Waals surface area contributed by atoms with Gasteiger partial charge in [-0.2, -0.15) is 0 Å². The van der Waals surface area contributed by atoms with Gasteiger partial charge in [0.2, 0.25) is 0 Å². The number of ether oxygens (including phenoxy) is 2. The van der Waals surface area contributed by atoms with E-state index in [1.54, 1.807) is 25.6 Å². The van der Waals surface area contributed by atoms with E-state index >= 15 is 0 Å². The SMILES string of the molecule is CCN(C)C=Nc1cc(OC)cc(Nc2ccc(OC)c(F)c2)c1C. The van der Waals surface area contributed by atoms with Crippen LogP contribution >= 0.6 is 0 Å². The van der Waals surface area contributed by atoms with Gasteiger partial charge in [-0.25, -0.2) is 9.38 Å². The first-order valence-corrected chi connectivity index (χ1v) is 8.02. The molecule has 0 atom stereocenters. The molecule has 1 N–H and O–H groups in total. The first-order chi connectivity index (χ1) is 12.0. The average molecular weight is 345 g/mol. The molecule has 0 fully saturated rings. The number of aliphatic imine (C=N–C) groups is 1. The van der Waals surface area contributed by atoms with E-state index in [9.17, 15) is 4.39 Å². The Hall–Kier alpha value is -2.76. The van der Waals surface area contributed by atoms with Gasteiger partial charge in [-0.15, -0.1) is 0 Å². The third-order valence-electron chi connectivity index (χ3n) is 3.91. The Morgan fingerprint density at radius 1 is 1.20 bits per heavy atom. The molecule has 134 valence electrons. The Bertz CT molecular complexity index is 763. The van der Waals surface area contributed by atoms with Crippen molar-refractivity contribution in [3.05, 3.63) is 41.7 Å². The summed E-state index contributed by atoms with van der Waals surface area (Å²) in [6.07, 6.45) is 1.78. The number of methoxy groups -OCH3 is 2. The van der Waals surface area contributed by atoms with Gasteiger partial charge in [0.05, 0.1) is 26.2 Å². The fraction of sp³-hybridized carbons (Fsp3) is 0.316. The summed E-state index contributed by atoms with van der Waals surface area (Å²) in [5.41, 5.74) is 3.15. The normalized spacial score (nSPS) is 10.8. The smallest absolute Gasteiger partial charge is 0.167 e. The van der Waals surface area contributed by atoms with Gasteiger partial charge >= 0.3 is 0 Å². The summed E-state index contributed by atoms with van der Waals surface area (Å²) in [7, 11) is 5.00. The van der Waals surface area contributed by atoms with E-state index in [0.29, 0.717) is 11.4 Å². The molecule has 2 aromatic carbocycles. The van der Waals surface area contributed by atoms with Crippen LogP contribution in [0, 0.1) is 12.7 Å². The van der Waals surface area contributed by atoms with Crippen LogP contribution in [0.25, 0.3) is 0 Å². The molecule has 0 spiro atoms. The molecule has 0 unspecified atom stereocenters. The molecule has 0 bridgehead atoms. The van der Waals surface area contributed by atoms with Gasteiger partial charge < -0.3 is 19.7 Å². The van der Waals surface area contributed by atoms with Crippen molar-refractivity contribution < 1.29 is 13.9 Å². The summed E-state index contributed by atoms with van der Waals surface area (Å²) in [4.78, 5) is 6.50. The Kier molecular flexibility index (Phi) is 6.22. The summed E-state index contributed by atoms with van der Waals surface area (Å²) < 4.78 is 24.2. The van der Waals surface area contributed by atoms with Gasteiger partial charge in [0.15, 0.2) is 11.6 Å². The second-order valence-electron chi connectivity index (χ2n) is 5.61. The van der Waals surface area contributed by atoms with E-state index in [2.05, 4.69) is 17.2 Å². The maximum atomic E-state index is 13.9. The maximum absolute atomic E-state index is 13.9. The Morgan fingerprint density at radius 2 is 1.96 bits per heavy atom. The van der Waals surface area contributed by atoms with Crippen LogP contribution < -0.4 is 14.8 Å². The molecule has 0 saturated carbocycles. The Balaban J connectivity index is 2.36. The number of nitrogens with one attached hydrogen (secondary N) is 1. The highest BCUT2D eigenvalue weighted by Crippen LogP contribution is 2.34. The van der Waals surface area contributed by atoms with Gasteiger partial charge in [-0.3, -0.25) is 0 Å². The first-order valence-electron chi connectivity index (χ1n) is 8.02. The zero-order chi connectivity index (χ0) is 18.4. The summed E-state index contributed by atoms with van der Waals surface area (Å²) in [6, 6.07) is 8.47. The number of hydrogen-bond acceptors (Lipinski definition) is 4. The number of halogens is 1. The zero-order valence-corrected chi connectivity index (χ0v) is 15.3. The van der Waals surface area contributed by atoms with E-state index in [-0.39, 0.29) is 5.75 Å². The third-order valence-corrected chi connectivity index (χ3v) is 3.91. The van der Waals surface area contributed by atoms with Crippen LogP contribution in [0.4, 0.5) is 21.5 Å². The van der Waals surface area contributed by atoms with Crippen molar-refractivity contribution in [3.63, 3.8) is 0 Å². The lowest BCUT2D eigenvalue weighted by atomic mass is 10.1. The molecule has 0 aliphatic rings. The van der Waals surface area contributed by atoms with Crippen LogP contribution in [0.1, 0.15) is 12.5 Å². The number of hydrogen-bond donors (Lipinski definition) is 1. The molecule has 0 amide bonds. The Labute approximate surface area is 148 Å². The molecule has 25 heavy (non-hydrogen) atoms. The number of nitrogens with zero attached hydrogens (tertiary/aromatic N) is 2. The quantitative estimate of drug-likeness (QED) is 0.592. The molecule has 0 heterocycles. The van der Waals surface area contributed by atoms with Crippen LogP contribution in [0.3, 0.4) is 0 Å². The summed E-state index contributed by atoms with van der Waals surface area (Å²) in [6.45, 7) is 4.87. The predicted molar refractivity (Wildman–Crippen MR) is 100 cm³/mol. The molecular formula is C19H24FN3O2. The standard InChI is InChI=1S/C19H24FN3O2/c1-6-23(3)12-21-17-10-15(24-4)11-18(13(17)2)22-14-7-8-19(25-5)16(20)9-14/h7-12,22H,6H2,1-5H3. The summed E-state index contributed by atoms with van der Waals surface area (Å²) in [5.74, 6) is 0.463. The lowest BCUT2D eigenvalue weighted by molar-refractivity contribution is 0.386. The van der Waals surface area contributed by atoms with E-state index in [1.807, 2.05) is 31.0 Å². The number of anilines is 2. The fourth-order valence-corrected chi connectivity index (χ4v) is 2.20. The third kappa shape index (κ3) is 4.62. The van der Waals surface area contributed by atoms with E-state index < -0.39 is 5.82 Å². The highest BCUT2D eigenvalue weighted by molar-refractivity contribution is 5.74. The zero-order valence-electron chi connectivity index (χ0n) is 15.3. The van der Waals surface area contributed by atoms with Crippen LogP contribution in [0.15, 0.2) is 35.3 Å². The minimum atomic E-state index is -0.420. The highest BCUT2D eigenvalue weighted by atomic mass is 19.1. The minimum absolute atomic E-state index is 0.209. The summed E-state index contributed by atoms with van der Waals surface area (Å²) in [5, 5.41) is 3.22. The van der Waals surface area contributed by atoms with Crippen molar-refractivity contribution in [3.8, 4) is 11.5 Å². The monoisotopic (exact) mass is 345 g/mol. The van der Waals surface area contributed by atoms with E-state index in [1.165, 1.54) is 13.2 Å². The molecule has 5 nitrogen and oxygen atoms in total. The molecular weight excluding hydrogens is 321 g/mol. The fourth-order valence-electron chi connectivity index (χ4n) is 2.20. The second-order valence-corrected chi connectivity index (χ2v) is 5.61. The predicted octanol–water partition coefficient (Wildman–Crippen LogP) is 4.51. The molecule has 0 radical (unpaired) electrons. The lowest BCUT2D eigenvalue weighted by Crippen LogP contribution is -2.14. The average Bonchev–Trinajstić information content (AvgIpc) is 2.62. The summed E-state index contributed by atoms with van der Waals surface area (Å²) >= 11 is 0. The van der Waals surface area contributed by atoms with E-state index in [4.69, 9.17) is 9.47 Å². The Morgan fingerprint density at radius 3 is 2.56 bits per heavy atom. The van der Waals surface area contributed by atoms with Gasteiger partial charge in [0, 0.05) is 43.2 Å². The molecule has 0 saturated heterocycles. The van der Waals surface area contributed by atoms with Crippen molar-refractivity contribution in [1.29, 1.82) is 0 Å². The molecule has 0 aliphatic heterocycles. The molecule has 2 rings (SSSR count). The number of rotatable bonds is 7. The molecule has 2 aromatic rings. The van der Waals surface area contributed by atoms with Crippen molar-refractivity contribution in [2.45, 2.75) is 13.8 Å². The molecule has 6 heteroatoms. The van der Waals surface area contributed by atoms with Crippen LogP contribution in [0.2, 0.25) is 0 Å². The number of benzene rings is 2. The highest BCUT2D eigenvalue weighted by Gasteiger charge is 2.10. The van der Waals surface area contributed by atoms with Gasteiger partial charge in [-0.1, -0.05) is 0 Å². The van der Waals surface area contributed by atoms with Crippen LogP contribution in [0.5, 0.6) is 11.5 Å². The lowest BCUT2D eigenvalue weighted by Gasteiger charge is -2.15. The van der Waals surface area contributed by atoms with Crippen molar-refractivity contribution in [2.75, 3.05) is 33.1 Å². The van der Waals surface area contributed by atoms with Crippen molar-refractivity contribution >= 4 is 23.4 Å². The second kappa shape index (κ2) is 8.37. The first kappa shape index (κ1) is 18.6. The van der Waals surface area contributed by atoms with Gasteiger partial charge in [0.25, 0.3) is 0 Å². The molecule has 0 aromatic heterocycles. The topological polar surface area (TPSA) is 46.1 Å². The minimum Gasteiger partial charge on any atom is -0.497 e. The van der Waals surface area contributed by atoms with E-state index in [0.717, 1.165) is 23.5 Å². The van der Waals surface area contributed by atoms with Crippen molar-refractivity contribution in [2.24, 2.45) is 4.99 Å². The molecule has 0 aliphatic carbocycles. The van der Waals surface area contributed by atoms with Gasteiger partial charge in [0.1, 0.15) is 5.75 Å². The van der Waals surface area contributed by atoms with Crippen molar-refractivity contribution in [1.82, 2.24) is 4.90 Å². The van der Waals surface area contributed by atoms with Crippen LogP contribution in [-0.2, 0) is 0 Å². The largest absolute Gasteiger partial charge is 0.497 e.